The summed E-state index contributed by atoms with van der Waals surface area (Å²) < 4.78 is 0. The molecular weight excluding hydrogens is 252 g/mol. The van der Waals surface area contributed by atoms with Crippen molar-refractivity contribution in [1.29, 1.82) is 0 Å². The summed E-state index contributed by atoms with van der Waals surface area (Å²) in [6.07, 6.45) is 0. The number of fused-ring (bicyclic) bond motifs is 3. The number of hydrogen-bond donors (Lipinski definition) is 0. The molecule has 0 N–H and O–H groups in total. The third-order valence-electron chi connectivity index (χ3n) is 4.66. The van der Waals surface area contributed by atoms with Gasteiger partial charge in [0.2, 0.25) is 0 Å². The molecule has 0 nitrogen and oxygen atoms in total. The maximum atomic E-state index is 2.29. The molecule has 0 amide bonds. The zero-order valence-electron chi connectivity index (χ0n) is 12.4. The van der Waals surface area contributed by atoms with Crippen LogP contribution < -0.4 is 0 Å². The van der Waals surface area contributed by atoms with E-state index in [1.165, 1.54) is 38.9 Å². The fraction of sp³-hybridized carbons (Fsp3) is 0.143. The number of benzene rings is 3. The quantitative estimate of drug-likeness (QED) is 0.430. The van der Waals surface area contributed by atoms with Gasteiger partial charge in [-0.15, -0.1) is 0 Å². The lowest BCUT2D eigenvalue weighted by atomic mass is 9.86. The van der Waals surface area contributed by atoms with Gasteiger partial charge in [-0.1, -0.05) is 66.7 Å². The second kappa shape index (κ2) is 4.60. The standard InChI is InChI=1S/C21H18/c1-14-8-3-4-10-16(14)21-18-12-6-5-11-17(18)20-15(2)9-7-13-19(20)21/h3-13,21H,1-2H3. The molecule has 0 heteroatoms. The lowest BCUT2D eigenvalue weighted by molar-refractivity contribution is 0.996. The van der Waals surface area contributed by atoms with E-state index in [1.807, 2.05) is 0 Å². The molecule has 21 heavy (non-hydrogen) atoms. The highest BCUT2D eigenvalue weighted by atomic mass is 14.3. The molecule has 3 aromatic carbocycles. The number of aryl methyl sites for hydroxylation is 2. The van der Waals surface area contributed by atoms with E-state index >= 15 is 0 Å². The van der Waals surface area contributed by atoms with E-state index < -0.39 is 0 Å². The van der Waals surface area contributed by atoms with Crippen LogP contribution in [0.3, 0.4) is 0 Å². The van der Waals surface area contributed by atoms with Gasteiger partial charge in [-0.2, -0.15) is 0 Å². The predicted octanol–water partition coefficient (Wildman–Crippen LogP) is 5.46. The zero-order valence-corrected chi connectivity index (χ0v) is 12.4. The van der Waals surface area contributed by atoms with Crippen molar-refractivity contribution in [1.82, 2.24) is 0 Å². The summed E-state index contributed by atoms with van der Waals surface area (Å²) >= 11 is 0. The van der Waals surface area contributed by atoms with Gasteiger partial charge >= 0.3 is 0 Å². The predicted molar refractivity (Wildman–Crippen MR) is 88.7 cm³/mol. The highest BCUT2D eigenvalue weighted by molar-refractivity contribution is 5.83. The molecule has 0 bridgehead atoms. The van der Waals surface area contributed by atoms with Crippen molar-refractivity contribution in [2.75, 3.05) is 0 Å². The van der Waals surface area contributed by atoms with Crippen LogP contribution in [-0.2, 0) is 0 Å². The topological polar surface area (TPSA) is 0 Å². The molecule has 0 saturated heterocycles. The van der Waals surface area contributed by atoms with Crippen molar-refractivity contribution in [3.8, 4) is 11.1 Å². The van der Waals surface area contributed by atoms with Gasteiger partial charge in [0.1, 0.15) is 0 Å². The fourth-order valence-electron chi connectivity index (χ4n) is 3.69. The van der Waals surface area contributed by atoms with Crippen molar-refractivity contribution in [2.24, 2.45) is 0 Å². The Morgan fingerprint density at radius 3 is 2.00 bits per heavy atom. The molecule has 0 saturated carbocycles. The van der Waals surface area contributed by atoms with Crippen LogP contribution >= 0.6 is 0 Å². The zero-order chi connectivity index (χ0) is 14.4. The Balaban J connectivity index is 2.06. The van der Waals surface area contributed by atoms with Crippen molar-refractivity contribution in [2.45, 2.75) is 19.8 Å². The number of rotatable bonds is 1. The molecule has 0 aliphatic heterocycles. The van der Waals surface area contributed by atoms with E-state index in [9.17, 15) is 0 Å². The van der Waals surface area contributed by atoms with Crippen LogP contribution in [0.5, 0.6) is 0 Å². The molecule has 102 valence electrons. The van der Waals surface area contributed by atoms with Gasteiger partial charge in [-0.3, -0.25) is 0 Å². The Kier molecular flexibility index (Phi) is 2.71. The number of hydrogen-bond acceptors (Lipinski definition) is 0. The summed E-state index contributed by atoms with van der Waals surface area (Å²) in [4.78, 5) is 0. The molecule has 0 radical (unpaired) electrons. The normalized spacial score (nSPS) is 15.6. The summed E-state index contributed by atoms with van der Waals surface area (Å²) in [6, 6.07) is 24.3. The minimum absolute atomic E-state index is 0.372. The Hall–Kier alpha value is -2.34. The molecule has 1 atom stereocenters. The SMILES string of the molecule is Cc1ccccc1C1c2ccccc2-c2c(C)cccc21. The average Bonchev–Trinajstić information content (AvgIpc) is 2.83. The van der Waals surface area contributed by atoms with Gasteiger partial charge in [-0.05, 0) is 52.8 Å². The van der Waals surface area contributed by atoms with Crippen LogP contribution in [0.15, 0.2) is 66.7 Å². The molecule has 4 rings (SSSR count). The summed E-state index contributed by atoms with van der Waals surface area (Å²) in [6.45, 7) is 4.43. The summed E-state index contributed by atoms with van der Waals surface area (Å²) in [5.74, 6) is 0.372. The van der Waals surface area contributed by atoms with Crippen LogP contribution in [0.2, 0.25) is 0 Å². The van der Waals surface area contributed by atoms with E-state index in [0.29, 0.717) is 5.92 Å². The van der Waals surface area contributed by atoms with Gasteiger partial charge in [0, 0.05) is 5.92 Å². The molecule has 1 aliphatic carbocycles. The Morgan fingerprint density at radius 1 is 0.571 bits per heavy atom. The molecule has 0 fully saturated rings. The van der Waals surface area contributed by atoms with Gasteiger partial charge in [0.25, 0.3) is 0 Å². The van der Waals surface area contributed by atoms with E-state index in [-0.39, 0.29) is 0 Å². The summed E-state index contributed by atoms with van der Waals surface area (Å²) in [5.41, 5.74) is 9.89. The first-order valence-electron chi connectivity index (χ1n) is 7.51. The third-order valence-corrected chi connectivity index (χ3v) is 4.66. The molecule has 1 aliphatic rings. The summed E-state index contributed by atoms with van der Waals surface area (Å²) in [5, 5.41) is 0. The van der Waals surface area contributed by atoms with E-state index in [4.69, 9.17) is 0 Å². The van der Waals surface area contributed by atoms with E-state index in [2.05, 4.69) is 80.6 Å². The maximum Gasteiger partial charge on any atom is 0.0355 e. The lowest BCUT2D eigenvalue weighted by Gasteiger charge is -2.17. The minimum atomic E-state index is 0.372. The van der Waals surface area contributed by atoms with Crippen molar-refractivity contribution >= 4 is 0 Å². The second-order valence-electron chi connectivity index (χ2n) is 5.92. The van der Waals surface area contributed by atoms with Crippen molar-refractivity contribution < 1.29 is 0 Å². The second-order valence-corrected chi connectivity index (χ2v) is 5.92. The molecule has 0 heterocycles. The lowest BCUT2D eigenvalue weighted by Crippen LogP contribution is -2.01. The smallest absolute Gasteiger partial charge is 0.0355 e. The molecule has 0 aromatic heterocycles. The first kappa shape index (κ1) is 12.4. The monoisotopic (exact) mass is 270 g/mol. The van der Waals surface area contributed by atoms with Gasteiger partial charge in [0.15, 0.2) is 0 Å². The van der Waals surface area contributed by atoms with Crippen LogP contribution in [0.1, 0.15) is 33.7 Å². The molecular formula is C21H18. The van der Waals surface area contributed by atoms with Gasteiger partial charge in [-0.25, -0.2) is 0 Å². The Labute approximate surface area is 126 Å². The molecule has 3 aromatic rings. The Morgan fingerprint density at radius 2 is 1.19 bits per heavy atom. The van der Waals surface area contributed by atoms with Crippen molar-refractivity contribution in [3.63, 3.8) is 0 Å². The molecule has 0 spiro atoms. The third kappa shape index (κ3) is 1.76. The largest absolute Gasteiger partial charge is 0.0620 e. The van der Waals surface area contributed by atoms with Gasteiger partial charge in [0.05, 0.1) is 0 Å². The highest BCUT2D eigenvalue weighted by Crippen LogP contribution is 2.49. The van der Waals surface area contributed by atoms with E-state index in [0.717, 1.165) is 0 Å². The van der Waals surface area contributed by atoms with E-state index in [1.54, 1.807) is 0 Å². The molecule has 1 unspecified atom stereocenters. The van der Waals surface area contributed by atoms with Crippen molar-refractivity contribution in [3.05, 3.63) is 94.5 Å². The van der Waals surface area contributed by atoms with Crippen LogP contribution in [0, 0.1) is 13.8 Å². The fourth-order valence-corrected chi connectivity index (χ4v) is 3.69. The summed E-state index contributed by atoms with van der Waals surface area (Å²) in [7, 11) is 0. The highest BCUT2D eigenvalue weighted by Gasteiger charge is 2.30. The maximum absolute atomic E-state index is 2.29. The van der Waals surface area contributed by atoms with Crippen LogP contribution in [-0.4, -0.2) is 0 Å². The van der Waals surface area contributed by atoms with Gasteiger partial charge < -0.3 is 0 Å². The minimum Gasteiger partial charge on any atom is -0.0620 e. The average molecular weight is 270 g/mol. The van der Waals surface area contributed by atoms with Crippen LogP contribution in [0.4, 0.5) is 0 Å². The Bertz CT molecular complexity index is 827. The van der Waals surface area contributed by atoms with Crippen LogP contribution in [0.25, 0.3) is 11.1 Å². The first-order chi connectivity index (χ1) is 10.3. The first-order valence-corrected chi connectivity index (χ1v) is 7.51.